The average Bonchev–Trinajstić information content (AvgIpc) is 3.00. The lowest BCUT2D eigenvalue weighted by Gasteiger charge is -2.33. The van der Waals surface area contributed by atoms with Crippen LogP contribution in [0, 0.1) is 6.08 Å². The molecule has 24 heavy (non-hydrogen) atoms. The van der Waals surface area contributed by atoms with Crippen molar-refractivity contribution in [3.63, 3.8) is 0 Å². The van der Waals surface area contributed by atoms with Crippen LogP contribution in [0.2, 0.25) is 0 Å². The minimum atomic E-state index is -4.48. The van der Waals surface area contributed by atoms with Crippen LogP contribution in [0.5, 0.6) is 0 Å². The van der Waals surface area contributed by atoms with Crippen molar-refractivity contribution in [2.24, 2.45) is 0 Å². The number of aliphatic hydroxyl groups excluding tert-OH is 2. The first-order chi connectivity index (χ1) is 11.1. The monoisotopic (exact) mass is 381 g/mol. The van der Waals surface area contributed by atoms with E-state index in [4.69, 9.17) is 10.5 Å². The van der Waals surface area contributed by atoms with Gasteiger partial charge in [-0.2, -0.15) is 14.4 Å². The molecule has 1 aliphatic heterocycles. The topological polar surface area (TPSA) is 180 Å². The highest BCUT2D eigenvalue weighted by Crippen LogP contribution is 2.59. The zero-order valence-corrected chi connectivity index (χ0v) is 13.5. The molecule has 1 aliphatic rings. The minimum absolute atomic E-state index is 0.00983. The number of nitrogens with two attached hydrogens (primary N) is 1. The van der Waals surface area contributed by atoms with Gasteiger partial charge in [-0.15, -0.1) is 0 Å². The van der Waals surface area contributed by atoms with Crippen LogP contribution in [0.1, 0.15) is 6.23 Å². The van der Waals surface area contributed by atoms with Crippen LogP contribution in [-0.4, -0.2) is 68.8 Å². The summed E-state index contributed by atoms with van der Waals surface area (Å²) in [6.07, 6.45) is -5.11. The van der Waals surface area contributed by atoms with Gasteiger partial charge in [-0.05, 0) is 11.8 Å². The highest BCUT2D eigenvalue weighted by atomic mass is 32.5. The molecule has 0 saturated carbocycles. The van der Waals surface area contributed by atoms with E-state index in [1.54, 1.807) is 0 Å². The first-order valence-electron chi connectivity index (χ1n) is 6.49. The highest BCUT2D eigenvalue weighted by molar-refractivity contribution is 8.09. The van der Waals surface area contributed by atoms with Gasteiger partial charge in [0.25, 0.3) is 0 Å². The summed E-state index contributed by atoms with van der Waals surface area (Å²) in [5, 5.41) is 27.4. The van der Waals surface area contributed by atoms with Crippen molar-refractivity contribution in [1.82, 2.24) is 19.5 Å². The predicted molar refractivity (Wildman–Crippen MR) is 80.4 cm³/mol. The summed E-state index contributed by atoms with van der Waals surface area (Å²) in [6, 6.07) is 0. The molecule has 7 N–H and O–H groups in total. The van der Waals surface area contributed by atoms with Gasteiger partial charge in [0.1, 0.15) is 12.2 Å². The van der Waals surface area contributed by atoms with Crippen LogP contribution in [0.4, 0.5) is 10.2 Å². The molecular weight excluding hydrogens is 368 g/mol. The van der Waals surface area contributed by atoms with Gasteiger partial charge >= 0.3 is 6.08 Å². The predicted octanol–water partition coefficient (Wildman–Crippen LogP) is -2.22. The molecule has 2 aromatic heterocycles. The number of hydrogen-bond acceptors (Lipinski definition) is 9. The lowest BCUT2D eigenvalue weighted by molar-refractivity contribution is -0.0571. The van der Waals surface area contributed by atoms with Gasteiger partial charge in [-0.1, -0.05) is 0 Å². The van der Waals surface area contributed by atoms with Crippen LogP contribution in [0.3, 0.4) is 0 Å². The van der Waals surface area contributed by atoms with Gasteiger partial charge in [0, 0.05) is 0 Å². The molecule has 3 heterocycles. The van der Waals surface area contributed by atoms with E-state index in [0.717, 1.165) is 10.9 Å². The fourth-order valence-corrected chi connectivity index (χ4v) is 4.26. The molecule has 2 aromatic rings. The van der Waals surface area contributed by atoms with Crippen molar-refractivity contribution in [2.75, 3.05) is 12.3 Å². The summed E-state index contributed by atoms with van der Waals surface area (Å²) >= 11 is 4.49. The lowest BCUT2D eigenvalue weighted by Crippen LogP contribution is -2.48. The van der Waals surface area contributed by atoms with Crippen LogP contribution >= 0.6 is 6.49 Å². The van der Waals surface area contributed by atoms with Crippen LogP contribution in [-0.2, 0) is 16.5 Å². The van der Waals surface area contributed by atoms with E-state index in [-0.39, 0.29) is 17.0 Å². The van der Waals surface area contributed by atoms with E-state index in [2.05, 4.69) is 26.8 Å². The fourth-order valence-electron chi connectivity index (χ4n) is 2.60. The van der Waals surface area contributed by atoms with Gasteiger partial charge in [0.2, 0.25) is 6.49 Å². The number of aliphatic hydroxyl groups is 3. The van der Waals surface area contributed by atoms with Crippen LogP contribution in [0.25, 0.3) is 11.2 Å². The van der Waals surface area contributed by atoms with Crippen LogP contribution in [0.15, 0.2) is 6.33 Å². The second-order valence-corrected chi connectivity index (χ2v) is 8.50. The maximum absolute atomic E-state index is 13.4. The van der Waals surface area contributed by atoms with Crippen molar-refractivity contribution in [1.29, 1.82) is 0 Å². The molecule has 11 nitrogen and oxygen atoms in total. The molecule has 0 aromatic carbocycles. The number of halogens is 1. The lowest BCUT2D eigenvalue weighted by atomic mass is 10.1. The average molecular weight is 381 g/mol. The molecule has 0 spiro atoms. The van der Waals surface area contributed by atoms with Crippen molar-refractivity contribution < 1.29 is 34.2 Å². The number of aromatic nitrogens is 4. The smallest absolute Gasteiger partial charge is 0.312 e. The number of fused-ring (bicyclic) bond motifs is 1. The summed E-state index contributed by atoms with van der Waals surface area (Å²) in [5.74, 6) is -0.257. The summed E-state index contributed by atoms with van der Waals surface area (Å²) in [6.45, 7) is -5.34. The molecule has 3 rings (SSSR count). The van der Waals surface area contributed by atoms with Crippen molar-refractivity contribution in [3.8, 4) is 0 Å². The Labute approximate surface area is 138 Å². The van der Waals surface area contributed by atoms with Gasteiger partial charge in [0.05, 0.1) is 12.9 Å². The maximum atomic E-state index is 13.4. The van der Waals surface area contributed by atoms with Gasteiger partial charge in [-0.3, -0.25) is 4.57 Å². The molecule has 0 unspecified atom stereocenters. The van der Waals surface area contributed by atoms with Gasteiger partial charge in [0.15, 0.2) is 28.6 Å². The second kappa shape index (κ2) is 5.61. The van der Waals surface area contributed by atoms with E-state index >= 15 is 0 Å². The Bertz CT molecular complexity index is 846. The normalized spacial score (nSPS) is 31.0. The quantitative estimate of drug-likeness (QED) is 0.250. The Morgan fingerprint density at radius 1 is 1.46 bits per heavy atom. The molecule has 14 heteroatoms. The summed E-state index contributed by atoms with van der Waals surface area (Å²) < 4.78 is 19.7. The van der Waals surface area contributed by atoms with Crippen molar-refractivity contribution >= 4 is 35.3 Å². The van der Waals surface area contributed by atoms with Gasteiger partial charge in [-0.25, -0.2) is 4.98 Å². The van der Waals surface area contributed by atoms with Crippen molar-refractivity contribution in [2.45, 2.75) is 23.8 Å². The zero-order valence-electron chi connectivity index (χ0n) is 11.8. The molecule has 0 bridgehead atoms. The number of anilines is 1. The number of hydrogen-bond donors (Lipinski definition) is 6. The summed E-state index contributed by atoms with van der Waals surface area (Å²) in [5.41, 5.74) is 5.38. The van der Waals surface area contributed by atoms with E-state index in [1.165, 1.54) is 0 Å². The Morgan fingerprint density at radius 2 is 2.12 bits per heavy atom. The van der Waals surface area contributed by atoms with E-state index < -0.39 is 43.0 Å². The number of rotatable bonds is 3. The number of ether oxygens (including phenoxy) is 1. The first-order valence-corrected chi connectivity index (χ1v) is 9.20. The van der Waals surface area contributed by atoms with E-state index in [0.29, 0.717) is 0 Å². The van der Waals surface area contributed by atoms with Crippen LogP contribution < -0.4 is 5.73 Å². The SMILES string of the molecule is Nc1nc(F)nc2c1ncn2[C@@H]1O[C@H](CO)[C@](O)(P(O)(O)=S)[C@H]1O. The fraction of sp³-hybridized carbons (Fsp3) is 0.500. The number of nitrogen functional groups attached to an aromatic ring is 1. The standard InChI is InChI=1S/C10H13FN5O6PS/c11-9-14-6(12)4-7(15-9)16(2-13-4)8-5(18)10(19,23(20,21)24)3(1-17)22-8/h2-3,5,8,17-19H,1H2,(H2,12,14,15)(H2,20,21,24)/t3-,5+,8-,10+/m1/s1. The molecule has 0 amide bonds. The Hall–Kier alpha value is -1.31. The maximum Gasteiger partial charge on any atom is 0.312 e. The molecule has 1 fully saturated rings. The van der Waals surface area contributed by atoms with Crippen molar-refractivity contribution in [3.05, 3.63) is 12.4 Å². The second-order valence-electron chi connectivity index (χ2n) is 5.17. The Kier molecular flexibility index (Phi) is 4.09. The Morgan fingerprint density at radius 3 is 2.67 bits per heavy atom. The molecule has 1 saturated heterocycles. The molecule has 4 atom stereocenters. The molecule has 0 radical (unpaired) electrons. The molecule has 0 aliphatic carbocycles. The number of nitrogens with zero attached hydrogens (tertiary/aromatic N) is 4. The molecular formula is C10H13FN5O6PS. The van der Waals surface area contributed by atoms with E-state index in [9.17, 15) is 29.5 Å². The molecule has 132 valence electrons. The highest BCUT2D eigenvalue weighted by Gasteiger charge is 2.63. The Balaban J connectivity index is 2.13. The third kappa shape index (κ3) is 2.33. The minimum Gasteiger partial charge on any atom is -0.394 e. The summed E-state index contributed by atoms with van der Waals surface area (Å²) in [7, 11) is 0. The zero-order chi connectivity index (χ0) is 17.9. The third-order valence-electron chi connectivity index (χ3n) is 3.81. The largest absolute Gasteiger partial charge is 0.394 e. The van der Waals surface area contributed by atoms with E-state index in [1.807, 2.05) is 0 Å². The number of imidazole rings is 1. The first kappa shape index (κ1) is 17.5. The summed E-state index contributed by atoms with van der Waals surface area (Å²) in [4.78, 5) is 30.1. The van der Waals surface area contributed by atoms with Gasteiger partial charge < -0.3 is 35.6 Å². The third-order valence-corrected chi connectivity index (χ3v) is 6.17.